The van der Waals surface area contributed by atoms with Crippen LogP contribution in [0.25, 0.3) is 109 Å². The summed E-state index contributed by atoms with van der Waals surface area (Å²) in [5.41, 5.74) is 12.3. The molecule has 0 bridgehead atoms. The highest BCUT2D eigenvalue weighted by Gasteiger charge is 2.19. The van der Waals surface area contributed by atoms with Gasteiger partial charge in [-0.15, -0.1) is 0 Å². The summed E-state index contributed by atoms with van der Waals surface area (Å²) in [6, 6.07) is 80.4. The van der Waals surface area contributed by atoms with Gasteiger partial charge in [0.1, 0.15) is 0 Å². The summed E-state index contributed by atoms with van der Waals surface area (Å²) in [5, 5.41) is 12.6. The van der Waals surface area contributed by atoms with Crippen LogP contribution >= 0.6 is 0 Å². The Labute approximate surface area is 326 Å². The zero-order valence-corrected chi connectivity index (χ0v) is 30.8. The maximum Gasteiger partial charge on any atom is -0.00261 e. The Hall–Kier alpha value is -7.28. The Morgan fingerprint density at radius 3 is 1.25 bits per heavy atom. The molecule has 0 nitrogen and oxygen atoms in total. The number of hydrogen-bond acceptors (Lipinski definition) is 0. The van der Waals surface area contributed by atoms with Crippen molar-refractivity contribution < 1.29 is 0 Å². The van der Waals surface area contributed by atoms with Gasteiger partial charge in [0, 0.05) is 0 Å². The van der Waals surface area contributed by atoms with E-state index in [1.54, 1.807) is 0 Å². The Kier molecular flexibility index (Phi) is 7.60. The van der Waals surface area contributed by atoms with Crippen LogP contribution in [0.15, 0.2) is 218 Å². The standard InChI is InChI=1S/C56H36/c1-3-12-37(13-4-1)39-22-26-41(27-23-39)55-50-18-9-10-19-51(50)56(42-28-24-40(25-29-42)38-14-5-2-6-15-38)54-36-46(31-33-52(54)55)47-20-11-21-48-49(47)32-30-45-34-43-16-7-8-17-44(43)35-53(45)48/h1-36H. The first kappa shape index (κ1) is 32.2. The van der Waals surface area contributed by atoms with Gasteiger partial charge in [-0.2, -0.15) is 0 Å². The van der Waals surface area contributed by atoms with Gasteiger partial charge in [0.2, 0.25) is 0 Å². The number of fused-ring (bicyclic) bond motifs is 6. The van der Waals surface area contributed by atoms with Crippen LogP contribution in [-0.4, -0.2) is 0 Å². The second-order valence-electron chi connectivity index (χ2n) is 14.8. The van der Waals surface area contributed by atoms with Crippen molar-refractivity contribution in [3.8, 4) is 55.6 Å². The third kappa shape index (κ3) is 5.38. The molecule has 0 saturated carbocycles. The third-order valence-corrected chi connectivity index (χ3v) is 11.6. The van der Waals surface area contributed by atoms with Gasteiger partial charge in [-0.3, -0.25) is 0 Å². The molecule has 0 radical (unpaired) electrons. The van der Waals surface area contributed by atoms with E-state index in [2.05, 4.69) is 218 Å². The minimum atomic E-state index is 1.21. The molecule has 56 heavy (non-hydrogen) atoms. The fourth-order valence-corrected chi connectivity index (χ4v) is 8.92. The van der Waals surface area contributed by atoms with Gasteiger partial charge in [-0.25, -0.2) is 0 Å². The lowest BCUT2D eigenvalue weighted by Crippen LogP contribution is -1.92. The minimum absolute atomic E-state index is 1.21. The zero-order valence-electron chi connectivity index (χ0n) is 30.8. The van der Waals surface area contributed by atoms with Crippen LogP contribution in [0, 0.1) is 0 Å². The molecule has 0 aliphatic carbocycles. The number of hydrogen-bond donors (Lipinski definition) is 0. The molecule has 11 rings (SSSR count). The van der Waals surface area contributed by atoms with Gasteiger partial charge in [-0.05, 0) is 128 Å². The van der Waals surface area contributed by atoms with Crippen molar-refractivity contribution >= 4 is 53.9 Å². The molecule has 0 fully saturated rings. The van der Waals surface area contributed by atoms with Crippen LogP contribution in [0.1, 0.15) is 0 Å². The van der Waals surface area contributed by atoms with Gasteiger partial charge < -0.3 is 0 Å². The van der Waals surface area contributed by atoms with Crippen molar-refractivity contribution in [1.29, 1.82) is 0 Å². The Morgan fingerprint density at radius 2 is 0.625 bits per heavy atom. The molecular weight excluding hydrogens is 673 g/mol. The summed E-state index contributed by atoms with van der Waals surface area (Å²) in [6.07, 6.45) is 0. The molecule has 0 atom stereocenters. The van der Waals surface area contributed by atoms with Crippen molar-refractivity contribution in [3.05, 3.63) is 218 Å². The van der Waals surface area contributed by atoms with Crippen LogP contribution in [0.2, 0.25) is 0 Å². The van der Waals surface area contributed by atoms with Crippen molar-refractivity contribution in [2.24, 2.45) is 0 Å². The fraction of sp³-hybridized carbons (Fsp3) is 0. The molecule has 0 saturated heterocycles. The van der Waals surface area contributed by atoms with E-state index in [0.717, 1.165) is 0 Å². The van der Waals surface area contributed by atoms with Crippen LogP contribution in [0.5, 0.6) is 0 Å². The van der Waals surface area contributed by atoms with E-state index in [1.165, 1.54) is 109 Å². The Balaban J connectivity index is 1.16. The predicted octanol–water partition coefficient (Wildman–Crippen LogP) is 15.8. The highest BCUT2D eigenvalue weighted by molar-refractivity contribution is 6.23. The lowest BCUT2D eigenvalue weighted by Gasteiger charge is -2.19. The SMILES string of the molecule is c1ccc(-c2ccc(-c3c4ccccc4c(-c4ccc(-c5ccccc5)cc4)c4cc(-c5cccc6c5ccc5cc7ccccc7cc56)ccc34)cc2)cc1. The second-order valence-corrected chi connectivity index (χ2v) is 14.8. The Bertz CT molecular complexity index is 3250. The van der Waals surface area contributed by atoms with Crippen LogP contribution < -0.4 is 0 Å². The van der Waals surface area contributed by atoms with E-state index in [9.17, 15) is 0 Å². The molecule has 11 aromatic carbocycles. The van der Waals surface area contributed by atoms with Crippen LogP contribution in [-0.2, 0) is 0 Å². The normalized spacial score (nSPS) is 11.6. The number of benzene rings is 11. The lowest BCUT2D eigenvalue weighted by atomic mass is 9.84. The molecule has 0 unspecified atom stereocenters. The Morgan fingerprint density at radius 1 is 0.179 bits per heavy atom. The minimum Gasteiger partial charge on any atom is -0.0622 e. The highest BCUT2D eigenvalue weighted by atomic mass is 14.2. The average molecular weight is 709 g/mol. The van der Waals surface area contributed by atoms with Gasteiger partial charge in [0.25, 0.3) is 0 Å². The second kappa shape index (κ2) is 13.2. The van der Waals surface area contributed by atoms with Crippen molar-refractivity contribution in [1.82, 2.24) is 0 Å². The van der Waals surface area contributed by atoms with E-state index < -0.39 is 0 Å². The smallest absolute Gasteiger partial charge is 0.00261 e. The van der Waals surface area contributed by atoms with E-state index in [4.69, 9.17) is 0 Å². The summed E-state index contributed by atoms with van der Waals surface area (Å²) in [4.78, 5) is 0. The molecule has 0 heterocycles. The van der Waals surface area contributed by atoms with Crippen LogP contribution in [0.3, 0.4) is 0 Å². The monoisotopic (exact) mass is 708 g/mol. The highest BCUT2D eigenvalue weighted by Crippen LogP contribution is 2.46. The molecular formula is C56H36. The molecule has 0 aliphatic heterocycles. The van der Waals surface area contributed by atoms with E-state index in [1.807, 2.05) is 0 Å². The quantitative estimate of drug-likeness (QED) is 0.123. The van der Waals surface area contributed by atoms with Crippen molar-refractivity contribution in [2.75, 3.05) is 0 Å². The van der Waals surface area contributed by atoms with E-state index >= 15 is 0 Å². The molecule has 0 heteroatoms. The van der Waals surface area contributed by atoms with Gasteiger partial charge >= 0.3 is 0 Å². The summed E-state index contributed by atoms with van der Waals surface area (Å²) >= 11 is 0. The summed E-state index contributed by atoms with van der Waals surface area (Å²) in [6.45, 7) is 0. The molecule has 0 N–H and O–H groups in total. The summed E-state index contributed by atoms with van der Waals surface area (Å²) in [5.74, 6) is 0. The molecule has 0 spiro atoms. The molecule has 0 aromatic heterocycles. The molecule has 260 valence electrons. The molecule has 0 amide bonds. The van der Waals surface area contributed by atoms with Crippen molar-refractivity contribution in [2.45, 2.75) is 0 Å². The predicted molar refractivity (Wildman–Crippen MR) is 241 cm³/mol. The van der Waals surface area contributed by atoms with Crippen LogP contribution in [0.4, 0.5) is 0 Å². The van der Waals surface area contributed by atoms with E-state index in [-0.39, 0.29) is 0 Å². The topological polar surface area (TPSA) is 0 Å². The fourth-order valence-electron chi connectivity index (χ4n) is 8.92. The summed E-state index contributed by atoms with van der Waals surface area (Å²) < 4.78 is 0. The number of rotatable bonds is 5. The first-order chi connectivity index (χ1) is 27.8. The van der Waals surface area contributed by atoms with Gasteiger partial charge in [0.05, 0.1) is 0 Å². The van der Waals surface area contributed by atoms with Gasteiger partial charge in [-0.1, -0.05) is 200 Å². The maximum atomic E-state index is 2.45. The van der Waals surface area contributed by atoms with E-state index in [0.29, 0.717) is 0 Å². The molecule has 11 aromatic rings. The third-order valence-electron chi connectivity index (χ3n) is 11.6. The first-order valence-corrected chi connectivity index (χ1v) is 19.4. The van der Waals surface area contributed by atoms with Gasteiger partial charge in [0.15, 0.2) is 0 Å². The molecule has 0 aliphatic rings. The average Bonchev–Trinajstić information content (AvgIpc) is 3.28. The first-order valence-electron chi connectivity index (χ1n) is 19.4. The van der Waals surface area contributed by atoms with Crippen molar-refractivity contribution in [3.63, 3.8) is 0 Å². The largest absolute Gasteiger partial charge is 0.0622 e. The lowest BCUT2D eigenvalue weighted by molar-refractivity contribution is 1.60. The zero-order chi connectivity index (χ0) is 37.0. The maximum absolute atomic E-state index is 2.45. The summed E-state index contributed by atoms with van der Waals surface area (Å²) in [7, 11) is 0.